The molecule has 0 radical (unpaired) electrons. The van der Waals surface area contributed by atoms with Crippen LogP contribution >= 0.6 is 11.3 Å². The molecule has 1 aromatic heterocycles. The number of aryl methyl sites for hydroxylation is 1. The molecule has 5 rings (SSSR count). The molecule has 1 atom stereocenters. The van der Waals surface area contributed by atoms with Gasteiger partial charge >= 0.3 is 6.03 Å². The van der Waals surface area contributed by atoms with Crippen LogP contribution in [-0.4, -0.2) is 34.3 Å². The second-order valence-electron chi connectivity index (χ2n) is 7.48. The fraction of sp³-hybridized carbons (Fsp3) is 0.182. The van der Waals surface area contributed by atoms with Gasteiger partial charge < -0.3 is 10.6 Å². The maximum Gasteiger partial charge on any atom is 0.325 e. The van der Waals surface area contributed by atoms with E-state index in [1.54, 1.807) is 17.5 Å². The summed E-state index contributed by atoms with van der Waals surface area (Å²) >= 11 is 1.21. The summed E-state index contributed by atoms with van der Waals surface area (Å²) < 4.78 is 13.1. The van der Waals surface area contributed by atoms with Crippen LogP contribution < -0.4 is 10.6 Å². The SMILES string of the molecule is O=C(CN1C(=O)N[C@]2(CCc3ccccc32)C1=O)Nc1nc(-c2ccc(F)cc2)cs1. The van der Waals surface area contributed by atoms with E-state index < -0.39 is 29.9 Å². The minimum absolute atomic E-state index is 0.331. The molecule has 1 saturated heterocycles. The van der Waals surface area contributed by atoms with Gasteiger partial charge in [-0.2, -0.15) is 0 Å². The second-order valence-corrected chi connectivity index (χ2v) is 8.33. The Kier molecular flexibility index (Phi) is 4.55. The fourth-order valence-electron chi connectivity index (χ4n) is 4.12. The number of nitrogens with one attached hydrogen (secondary N) is 2. The van der Waals surface area contributed by atoms with Crippen LogP contribution in [0.5, 0.6) is 0 Å². The van der Waals surface area contributed by atoms with E-state index in [0.717, 1.165) is 16.0 Å². The zero-order chi connectivity index (χ0) is 21.6. The molecule has 31 heavy (non-hydrogen) atoms. The summed E-state index contributed by atoms with van der Waals surface area (Å²) in [7, 11) is 0. The van der Waals surface area contributed by atoms with Gasteiger partial charge in [-0.3, -0.25) is 14.5 Å². The lowest BCUT2D eigenvalue weighted by atomic mass is 9.92. The molecule has 9 heteroatoms. The Morgan fingerprint density at radius 3 is 2.77 bits per heavy atom. The zero-order valence-electron chi connectivity index (χ0n) is 16.2. The van der Waals surface area contributed by atoms with Crippen molar-refractivity contribution in [2.45, 2.75) is 18.4 Å². The first-order valence-electron chi connectivity index (χ1n) is 9.70. The quantitative estimate of drug-likeness (QED) is 0.614. The summed E-state index contributed by atoms with van der Waals surface area (Å²) in [5, 5.41) is 7.50. The first-order chi connectivity index (χ1) is 15.0. The van der Waals surface area contributed by atoms with Crippen molar-refractivity contribution in [3.05, 3.63) is 70.9 Å². The molecule has 7 nitrogen and oxygen atoms in total. The third kappa shape index (κ3) is 3.27. The van der Waals surface area contributed by atoms with Crippen LogP contribution in [0.4, 0.5) is 14.3 Å². The Labute approximate surface area is 180 Å². The summed E-state index contributed by atoms with van der Waals surface area (Å²) in [5.41, 5.74) is 2.04. The average molecular weight is 436 g/mol. The molecule has 1 aliphatic heterocycles. The van der Waals surface area contributed by atoms with E-state index in [0.29, 0.717) is 29.2 Å². The number of rotatable bonds is 4. The molecule has 2 aliphatic rings. The molecule has 3 aromatic rings. The molecule has 156 valence electrons. The van der Waals surface area contributed by atoms with Crippen molar-refractivity contribution in [3.8, 4) is 11.3 Å². The lowest BCUT2D eigenvalue weighted by Crippen LogP contribution is -2.42. The van der Waals surface area contributed by atoms with Gasteiger partial charge in [0.2, 0.25) is 5.91 Å². The summed E-state index contributed by atoms with van der Waals surface area (Å²) in [6.07, 6.45) is 1.16. The Balaban J connectivity index is 1.29. The van der Waals surface area contributed by atoms with Crippen LogP contribution in [0.2, 0.25) is 0 Å². The number of hydrogen-bond acceptors (Lipinski definition) is 5. The van der Waals surface area contributed by atoms with Crippen molar-refractivity contribution in [2.24, 2.45) is 0 Å². The highest BCUT2D eigenvalue weighted by Gasteiger charge is 2.55. The number of hydrogen-bond donors (Lipinski definition) is 2. The summed E-state index contributed by atoms with van der Waals surface area (Å²) in [6, 6.07) is 12.8. The van der Waals surface area contributed by atoms with Crippen LogP contribution in [0, 0.1) is 5.82 Å². The molecule has 1 fully saturated rings. The standard InChI is InChI=1S/C22H17FN4O3S/c23-15-7-5-14(6-8-15)17-12-31-20(24-17)25-18(28)11-27-19(29)22(26-21(27)30)10-9-13-3-1-2-4-16(13)22/h1-8,12H,9-11H2,(H,26,30)(H,24,25,28)/t22-/m0/s1. The van der Waals surface area contributed by atoms with Gasteiger partial charge in [0, 0.05) is 10.9 Å². The van der Waals surface area contributed by atoms with Crippen molar-refractivity contribution in [2.75, 3.05) is 11.9 Å². The molecule has 4 amide bonds. The maximum atomic E-state index is 13.1. The molecule has 0 bridgehead atoms. The molecule has 2 aromatic carbocycles. The van der Waals surface area contributed by atoms with Gasteiger partial charge in [0.15, 0.2) is 5.13 Å². The van der Waals surface area contributed by atoms with Crippen LogP contribution in [0.25, 0.3) is 11.3 Å². The number of thiazole rings is 1. The lowest BCUT2D eigenvalue weighted by Gasteiger charge is -2.22. The van der Waals surface area contributed by atoms with E-state index >= 15 is 0 Å². The van der Waals surface area contributed by atoms with Crippen LogP contribution in [0.15, 0.2) is 53.9 Å². The van der Waals surface area contributed by atoms with Gasteiger partial charge in [0.1, 0.15) is 17.9 Å². The van der Waals surface area contributed by atoms with Gasteiger partial charge in [-0.25, -0.2) is 14.2 Å². The molecule has 2 heterocycles. The Morgan fingerprint density at radius 1 is 1.19 bits per heavy atom. The molecular weight excluding hydrogens is 419 g/mol. The van der Waals surface area contributed by atoms with Crippen molar-refractivity contribution >= 4 is 34.3 Å². The topological polar surface area (TPSA) is 91.4 Å². The van der Waals surface area contributed by atoms with E-state index in [1.807, 2.05) is 24.3 Å². The highest BCUT2D eigenvalue weighted by atomic mass is 32.1. The largest absolute Gasteiger partial charge is 0.325 e. The van der Waals surface area contributed by atoms with Gasteiger partial charge in [0.25, 0.3) is 5.91 Å². The van der Waals surface area contributed by atoms with E-state index in [4.69, 9.17) is 0 Å². The zero-order valence-corrected chi connectivity index (χ0v) is 17.0. The van der Waals surface area contributed by atoms with Crippen molar-refractivity contribution < 1.29 is 18.8 Å². The lowest BCUT2D eigenvalue weighted by molar-refractivity contribution is -0.134. The number of benzene rings is 2. The molecule has 1 aliphatic carbocycles. The van der Waals surface area contributed by atoms with Crippen LogP contribution in [-0.2, 0) is 21.5 Å². The molecular formula is C22H17FN4O3S. The first kappa shape index (κ1) is 19.4. The number of nitrogens with zero attached hydrogens (tertiary/aromatic N) is 2. The van der Waals surface area contributed by atoms with E-state index in [2.05, 4.69) is 15.6 Å². The molecule has 0 saturated carbocycles. The van der Waals surface area contributed by atoms with E-state index in [1.165, 1.54) is 23.5 Å². The number of carbonyl (C=O) groups is 3. The number of fused-ring (bicyclic) bond motifs is 2. The second kappa shape index (κ2) is 7.28. The highest BCUT2D eigenvalue weighted by Crippen LogP contribution is 2.41. The Bertz CT molecular complexity index is 1210. The predicted octanol–water partition coefficient (Wildman–Crippen LogP) is 3.28. The third-order valence-corrected chi connectivity index (χ3v) is 6.37. The van der Waals surface area contributed by atoms with Crippen molar-refractivity contribution in [1.82, 2.24) is 15.2 Å². The number of anilines is 1. The molecule has 2 N–H and O–H groups in total. The Morgan fingerprint density at radius 2 is 1.97 bits per heavy atom. The predicted molar refractivity (Wildman–Crippen MR) is 113 cm³/mol. The fourth-order valence-corrected chi connectivity index (χ4v) is 4.86. The van der Waals surface area contributed by atoms with Crippen molar-refractivity contribution in [3.63, 3.8) is 0 Å². The number of amides is 4. The number of imide groups is 1. The third-order valence-electron chi connectivity index (χ3n) is 5.61. The minimum Gasteiger partial charge on any atom is -0.319 e. The van der Waals surface area contributed by atoms with Gasteiger partial charge in [-0.15, -0.1) is 11.3 Å². The average Bonchev–Trinajstić information content (AvgIpc) is 3.43. The first-order valence-corrected chi connectivity index (χ1v) is 10.6. The van der Waals surface area contributed by atoms with E-state index in [9.17, 15) is 18.8 Å². The minimum atomic E-state index is -1.09. The summed E-state index contributed by atoms with van der Waals surface area (Å²) in [6.45, 7) is -0.403. The van der Waals surface area contributed by atoms with Gasteiger partial charge in [-0.05, 0) is 48.2 Å². The maximum absolute atomic E-state index is 13.1. The molecule has 0 unspecified atom stereocenters. The highest BCUT2D eigenvalue weighted by molar-refractivity contribution is 7.14. The van der Waals surface area contributed by atoms with Gasteiger partial charge in [-0.1, -0.05) is 24.3 Å². The van der Waals surface area contributed by atoms with Crippen molar-refractivity contribution in [1.29, 1.82) is 0 Å². The normalized spacial score (nSPS) is 19.6. The summed E-state index contributed by atoms with van der Waals surface area (Å²) in [4.78, 5) is 43.5. The van der Waals surface area contributed by atoms with Gasteiger partial charge in [0.05, 0.1) is 5.69 Å². The Hall–Kier alpha value is -3.59. The number of halogens is 1. The van der Waals surface area contributed by atoms with Crippen LogP contribution in [0.1, 0.15) is 17.5 Å². The molecule has 1 spiro atoms. The van der Waals surface area contributed by atoms with E-state index in [-0.39, 0.29) is 5.82 Å². The smallest absolute Gasteiger partial charge is 0.319 e. The summed E-state index contributed by atoms with van der Waals surface area (Å²) in [5.74, 6) is -1.28. The number of aromatic nitrogens is 1. The monoisotopic (exact) mass is 436 g/mol. The van der Waals surface area contributed by atoms with Crippen LogP contribution in [0.3, 0.4) is 0 Å². The number of carbonyl (C=O) groups excluding carboxylic acids is 3. The number of urea groups is 1.